The van der Waals surface area contributed by atoms with Crippen LogP contribution in [0, 0.1) is 0 Å². The molecule has 4 aliphatic rings. The highest BCUT2D eigenvalue weighted by Crippen LogP contribution is 2.37. The molecule has 2 aromatic heterocycles. The number of fused-ring (bicyclic) bond motifs is 2. The maximum atomic E-state index is 13.5. The van der Waals surface area contributed by atoms with Crippen LogP contribution in [-0.4, -0.2) is 126 Å². The van der Waals surface area contributed by atoms with E-state index in [1.807, 2.05) is 93.4 Å². The van der Waals surface area contributed by atoms with Crippen molar-refractivity contribution in [2.45, 2.75) is 74.9 Å². The summed E-state index contributed by atoms with van der Waals surface area (Å²) >= 11 is 1.70. The zero-order valence-electron chi connectivity index (χ0n) is 36.8. The number of imide groups is 1. The molecule has 342 valence electrons. The van der Waals surface area contributed by atoms with Gasteiger partial charge in [-0.05, 0) is 92.0 Å². The maximum absolute atomic E-state index is 13.5. The molecule has 0 spiro atoms. The molecule has 66 heavy (non-hydrogen) atoms. The standard InChI is InChI=1S/C49H54N10O6S/c50-46-44-45(33-17-19-36(20-18-33)65-35-11-3-1-4-12-35)54-59(47(44)52-32-51-46)34-10-8-24-57(30-34)43(62)16-9-23-55-25-27-56(28-26-55)42(61)15-5-2-6-29-66-40-14-7-13-37-38(40)31-58(49(37)64)39-21-22-41(60)53-48(39)63/h1,3-4,7,9,11-14,16-20,32,34,39H,2,5-6,8,10,15,21-31H2,(H2,50,51,52)(H,53,60,63)/b16-9+. The van der Waals surface area contributed by atoms with Gasteiger partial charge < -0.3 is 25.2 Å². The summed E-state index contributed by atoms with van der Waals surface area (Å²) in [6.45, 7) is 4.99. The minimum absolute atomic E-state index is 0.0362. The number of piperidine rings is 2. The molecule has 0 saturated carbocycles. The number of carbonyl (C=O) groups excluding carboxylic acids is 5. The second-order valence-electron chi connectivity index (χ2n) is 17.2. The van der Waals surface area contributed by atoms with Gasteiger partial charge in [-0.3, -0.25) is 34.2 Å². The Morgan fingerprint density at radius 2 is 1.67 bits per heavy atom. The molecule has 17 heteroatoms. The lowest BCUT2D eigenvalue weighted by atomic mass is 10.0. The normalized spacial score (nSPS) is 19.2. The Morgan fingerprint density at radius 3 is 2.47 bits per heavy atom. The Morgan fingerprint density at radius 1 is 0.864 bits per heavy atom. The van der Waals surface area contributed by atoms with E-state index in [1.165, 1.54) is 6.33 Å². The van der Waals surface area contributed by atoms with E-state index in [0.29, 0.717) is 86.0 Å². The molecule has 4 aliphatic heterocycles. The Hall–Kier alpha value is -6.59. The summed E-state index contributed by atoms with van der Waals surface area (Å²) in [5, 5.41) is 8.08. The predicted molar refractivity (Wildman–Crippen MR) is 250 cm³/mol. The van der Waals surface area contributed by atoms with Crippen molar-refractivity contribution in [1.82, 2.24) is 44.7 Å². The Balaban J connectivity index is 0.697. The average Bonchev–Trinajstić information content (AvgIpc) is 3.90. The van der Waals surface area contributed by atoms with Crippen LogP contribution < -0.4 is 15.8 Å². The van der Waals surface area contributed by atoms with E-state index >= 15 is 0 Å². The van der Waals surface area contributed by atoms with Crippen LogP contribution >= 0.6 is 11.8 Å². The number of ether oxygens (including phenoxy) is 1. The number of para-hydroxylation sites is 1. The molecule has 16 nitrogen and oxygen atoms in total. The number of nitrogens with zero attached hydrogens (tertiary/aromatic N) is 8. The number of amides is 5. The number of carbonyl (C=O) groups is 5. The number of unbranched alkanes of at least 4 members (excludes halogenated alkanes) is 2. The van der Waals surface area contributed by atoms with Crippen molar-refractivity contribution in [3.8, 4) is 22.8 Å². The summed E-state index contributed by atoms with van der Waals surface area (Å²) in [5.41, 5.74) is 10.2. The van der Waals surface area contributed by atoms with Crippen LogP contribution in [0.3, 0.4) is 0 Å². The Bertz CT molecular complexity index is 2630. The number of thioether (sulfide) groups is 1. The first-order chi connectivity index (χ1) is 32.2. The second kappa shape index (κ2) is 20.3. The van der Waals surface area contributed by atoms with E-state index in [4.69, 9.17) is 15.6 Å². The average molecular weight is 911 g/mol. The summed E-state index contributed by atoms with van der Waals surface area (Å²) in [4.78, 5) is 81.4. The number of likely N-dealkylation sites (tertiary alicyclic amines) is 1. The summed E-state index contributed by atoms with van der Waals surface area (Å²) in [7, 11) is 0. The van der Waals surface area contributed by atoms with Crippen molar-refractivity contribution in [1.29, 1.82) is 0 Å². The van der Waals surface area contributed by atoms with Gasteiger partial charge in [0.1, 0.15) is 35.4 Å². The molecular weight excluding hydrogens is 857 g/mol. The van der Waals surface area contributed by atoms with Gasteiger partial charge in [0.15, 0.2) is 5.65 Å². The van der Waals surface area contributed by atoms with E-state index in [2.05, 4.69) is 20.2 Å². The fraction of sp³-hybridized carbons (Fsp3) is 0.388. The number of hydrogen-bond acceptors (Lipinski definition) is 12. The lowest BCUT2D eigenvalue weighted by molar-refractivity contribution is -0.137. The van der Waals surface area contributed by atoms with Crippen LogP contribution in [0.25, 0.3) is 22.3 Å². The van der Waals surface area contributed by atoms with Gasteiger partial charge in [-0.1, -0.05) is 36.8 Å². The van der Waals surface area contributed by atoms with Crippen LogP contribution in [0.5, 0.6) is 11.5 Å². The van der Waals surface area contributed by atoms with E-state index in [1.54, 1.807) is 22.7 Å². The zero-order valence-corrected chi connectivity index (χ0v) is 37.7. The molecule has 0 radical (unpaired) electrons. The molecular formula is C49H54N10O6S. The van der Waals surface area contributed by atoms with Crippen LogP contribution in [0.2, 0.25) is 0 Å². The smallest absolute Gasteiger partial charge is 0.255 e. The molecule has 3 aromatic carbocycles. The van der Waals surface area contributed by atoms with Crippen LogP contribution in [0.4, 0.5) is 5.82 Å². The Labute approximate surface area is 387 Å². The number of piperazine rings is 1. The fourth-order valence-corrected chi connectivity index (χ4v) is 10.4. The van der Waals surface area contributed by atoms with Gasteiger partial charge >= 0.3 is 0 Å². The number of rotatable bonds is 15. The largest absolute Gasteiger partial charge is 0.457 e. The summed E-state index contributed by atoms with van der Waals surface area (Å²) in [6.07, 6.45) is 10.5. The van der Waals surface area contributed by atoms with Crippen molar-refractivity contribution in [2.24, 2.45) is 0 Å². The van der Waals surface area contributed by atoms with Crippen molar-refractivity contribution < 1.29 is 28.7 Å². The van der Waals surface area contributed by atoms with Gasteiger partial charge in [0.25, 0.3) is 5.91 Å². The molecule has 5 amide bonds. The molecule has 2 unspecified atom stereocenters. The molecule has 5 aromatic rings. The molecule has 0 aliphatic carbocycles. The highest BCUT2D eigenvalue weighted by molar-refractivity contribution is 7.99. The van der Waals surface area contributed by atoms with E-state index in [-0.39, 0.29) is 36.1 Å². The molecule has 6 heterocycles. The van der Waals surface area contributed by atoms with Crippen molar-refractivity contribution >= 4 is 58.1 Å². The number of aromatic nitrogens is 4. The third-order valence-corrected chi connectivity index (χ3v) is 14.0. The van der Waals surface area contributed by atoms with Gasteiger partial charge in [0, 0.05) is 87.3 Å². The third-order valence-electron chi connectivity index (χ3n) is 12.9. The number of anilines is 1. The van der Waals surface area contributed by atoms with Crippen LogP contribution in [0.1, 0.15) is 73.3 Å². The van der Waals surface area contributed by atoms with E-state index in [0.717, 1.165) is 72.7 Å². The molecule has 2 atom stereocenters. The fourth-order valence-electron chi connectivity index (χ4n) is 9.29. The number of nitrogens with two attached hydrogens (primary N) is 1. The van der Waals surface area contributed by atoms with E-state index < -0.39 is 11.9 Å². The maximum Gasteiger partial charge on any atom is 0.255 e. The molecule has 3 N–H and O–H groups in total. The molecule has 3 fully saturated rings. The lowest BCUT2D eigenvalue weighted by Crippen LogP contribution is -2.52. The topological polar surface area (TPSA) is 189 Å². The van der Waals surface area contributed by atoms with Gasteiger partial charge in [-0.2, -0.15) is 5.10 Å². The minimum atomic E-state index is -0.628. The number of nitrogens with one attached hydrogen (secondary N) is 1. The number of benzene rings is 3. The van der Waals surface area contributed by atoms with Gasteiger partial charge in [0.2, 0.25) is 23.6 Å². The summed E-state index contributed by atoms with van der Waals surface area (Å²) in [6, 6.07) is 22.3. The molecule has 3 saturated heterocycles. The van der Waals surface area contributed by atoms with Crippen LogP contribution in [-0.2, 0) is 25.7 Å². The summed E-state index contributed by atoms with van der Waals surface area (Å²) < 4.78 is 7.90. The van der Waals surface area contributed by atoms with Gasteiger partial charge in [-0.25, -0.2) is 14.6 Å². The van der Waals surface area contributed by atoms with E-state index in [9.17, 15) is 24.0 Å². The van der Waals surface area contributed by atoms with Gasteiger partial charge in [-0.15, -0.1) is 11.8 Å². The van der Waals surface area contributed by atoms with Gasteiger partial charge in [0.05, 0.1) is 11.4 Å². The second-order valence-corrected chi connectivity index (χ2v) is 18.3. The highest BCUT2D eigenvalue weighted by Gasteiger charge is 2.40. The SMILES string of the molecule is Nc1ncnc2c1c(-c1ccc(Oc3ccccc3)cc1)nn2C1CCCN(C(=O)/C=C/CN2CCN(C(=O)CCCCCSc3cccc4c3CN(C3CCC(=O)NC3=O)C4=O)CC2)C1. The monoisotopic (exact) mass is 910 g/mol. The summed E-state index contributed by atoms with van der Waals surface area (Å²) in [5.74, 6) is 1.94. The lowest BCUT2D eigenvalue weighted by Gasteiger charge is -2.34. The molecule has 0 bridgehead atoms. The van der Waals surface area contributed by atoms with Crippen molar-refractivity contribution in [2.75, 3.05) is 57.3 Å². The highest BCUT2D eigenvalue weighted by atomic mass is 32.2. The number of hydrogen-bond donors (Lipinski definition) is 2. The first kappa shape index (κ1) is 44.6. The molecule has 9 rings (SSSR count). The van der Waals surface area contributed by atoms with Crippen LogP contribution in [0.15, 0.2) is 96.2 Å². The minimum Gasteiger partial charge on any atom is -0.457 e. The predicted octanol–water partition coefficient (Wildman–Crippen LogP) is 5.85. The first-order valence-electron chi connectivity index (χ1n) is 22.9. The third kappa shape index (κ3) is 9.96. The van der Waals surface area contributed by atoms with Crippen molar-refractivity contribution in [3.63, 3.8) is 0 Å². The quantitative estimate of drug-likeness (QED) is 0.0553. The Kier molecular flexibility index (Phi) is 13.7. The number of nitrogen functional groups attached to an aromatic ring is 1. The van der Waals surface area contributed by atoms with Crippen molar-refractivity contribution in [3.05, 3.63) is 102 Å². The zero-order chi connectivity index (χ0) is 45.6. The first-order valence-corrected chi connectivity index (χ1v) is 23.9.